The van der Waals surface area contributed by atoms with E-state index in [0.717, 1.165) is 28.2 Å². The number of aromatic nitrogens is 1. The van der Waals surface area contributed by atoms with Crippen molar-refractivity contribution in [3.05, 3.63) is 170 Å². The molecule has 0 fully saturated rings. The Balaban J connectivity index is 1.34. The Hall–Kier alpha value is -5.87. The van der Waals surface area contributed by atoms with Gasteiger partial charge in [-0.05, 0) is 76.5 Å². The molecule has 0 bridgehead atoms. The fourth-order valence-corrected chi connectivity index (χ4v) is 7.23. The molecule has 45 heavy (non-hydrogen) atoms. The topological polar surface area (TPSA) is 19.4 Å². The summed E-state index contributed by atoms with van der Waals surface area (Å²) < 4.78 is 0. The molecule has 0 amide bonds. The molecule has 0 radical (unpaired) electrons. The van der Waals surface area contributed by atoms with Gasteiger partial charge in [0.2, 0.25) is 0 Å². The van der Waals surface area contributed by atoms with Crippen LogP contribution < -0.4 is 26.2 Å². The predicted molar refractivity (Wildman–Crippen MR) is 189 cm³/mol. The molecule has 0 atom stereocenters. The molecule has 0 unspecified atom stereocenters. The SMILES string of the molecule is c1ccc(-c2cc(-c3cccc4c3N(c3ccccc3)c3cccc5c3B4c3ccccc3N5c3ccccc3)ccn2)cc1. The van der Waals surface area contributed by atoms with Crippen LogP contribution in [0.25, 0.3) is 22.4 Å². The van der Waals surface area contributed by atoms with Gasteiger partial charge in [0.05, 0.1) is 5.69 Å². The molecule has 0 aliphatic carbocycles. The first kappa shape index (κ1) is 25.6. The summed E-state index contributed by atoms with van der Waals surface area (Å²) in [4.78, 5) is 9.66. The lowest BCUT2D eigenvalue weighted by atomic mass is 9.33. The number of hydrogen-bond acceptors (Lipinski definition) is 3. The van der Waals surface area contributed by atoms with Crippen LogP contribution in [0.1, 0.15) is 0 Å². The average molecular weight is 574 g/mol. The number of hydrogen-bond donors (Lipinski definition) is 0. The maximum Gasteiger partial charge on any atom is 0.252 e. The zero-order chi connectivity index (χ0) is 29.7. The van der Waals surface area contributed by atoms with Crippen LogP contribution in [0, 0.1) is 0 Å². The molecule has 3 nitrogen and oxygen atoms in total. The molecule has 7 aromatic rings. The van der Waals surface area contributed by atoms with E-state index in [4.69, 9.17) is 4.98 Å². The second-order valence-electron chi connectivity index (χ2n) is 11.6. The summed E-state index contributed by atoms with van der Waals surface area (Å²) in [5.74, 6) is 0. The van der Waals surface area contributed by atoms with Crippen molar-refractivity contribution in [1.82, 2.24) is 4.98 Å². The van der Waals surface area contributed by atoms with Gasteiger partial charge in [0.25, 0.3) is 6.71 Å². The largest absolute Gasteiger partial charge is 0.311 e. The van der Waals surface area contributed by atoms with E-state index in [9.17, 15) is 0 Å². The van der Waals surface area contributed by atoms with Gasteiger partial charge >= 0.3 is 0 Å². The van der Waals surface area contributed by atoms with Crippen molar-refractivity contribution >= 4 is 57.2 Å². The van der Waals surface area contributed by atoms with Crippen LogP contribution in [0.3, 0.4) is 0 Å². The fraction of sp³-hybridized carbons (Fsp3) is 0. The maximum absolute atomic E-state index is 4.76. The third-order valence-electron chi connectivity index (χ3n) is 9.09. The Bertz CT molecular complexity index is 2180. The zero-order valence-electron chi connectivity index (χ0n) is 24.6. The van der Waals surface area contributed by atoms with Gasteiger partial charge in [-0.2, -0.15) is 0 Å². The lowest BCUT2D eigenvalue weighted by Crippen LogP contribution is -2.61. The summed E-state index contributed by atoms with van der Waals surface area (Å²) in [5.41, 5.74) is 15.5. The Kier molecular flexibility index (Phi) is 5.92. The van der Waals surface area contributed by atoms with Gasteiger partial charge < -0.3 is 9.80 Å². The summed E-state index contributed by atoms with van der Waals surface area (Å²) in [6.07, 6.45) is 1.94. The molecule has 1 aromatic heterocycles. The third kappa shape index (κ3) is 4.03. The van der Waals surface area contributed by atoms with Crippen LogP contribution >= 0.6 is 0 Å². The number of rotatable bonds is 4. The van der Waals surface area contributed by atoms with E-state index < -0.39 is 0 Å². The molecule has 0 spiro atoms. The fourth-order valence-electron chi connectivity index (χ4n) is 7.23. The highest BCUT2D eigenvalue weighted by Gasteiger charge is 2.43. The minimum absolute atomic E-state index is 0.0812. The summed E-state index contributed by atoms with van der Waals surface area (Å²) in [7, 11) is 0. The van der Waals surface area contributed by atoms with Crippen molar-refractivity contribution < 1.29 is 0 Å². The molecular weight excluding hydrogens is 545 g/mol. The molecule has 210 valence electrons. The number of benzene rings is 6. The van der Waals surface area contributed by atoms with Gasteiger partial charge in [0.1, 0.15) is 0 Å². The number of pyridine rings is 1. The van der Waals surface area contributed by atoms with Gasteiger partial charge in [-0.1, -0.05) is 109 Å². The van der Waals surface area contributed by atoms with Gasteiger partial charge in [-0.25, -0.2) is 0 Å². The second-order valence-corrected chi connectivity index (χ2v) is 11.6. The molecule has 6 aromatic carbocycles. The Labute approximate surface area is 263 Å². The van der Waals surface area contributed by atoms with E-state index in [2.05, 4.69) is 168 Å². The normalized spacial score (nSPS) is 12.8. The van der Waals surface area contributed by atoms with Crippen LogP contribution in [0.4, 0.5) is 34.1 Å². The Morgan fingerprint density at radius 3 is 1.78 bits per heavy atom. The summed E-state index contributed by atoms with van der Waals surface area (Å²) in [6, 6.07) is 58.8. The maximum atomic E-state index is 4.76. The van der Waals surface area contributed by atoms with Crippen LogP contribution in [0.15, 0.2) is 170 Å². The van der Waals surface area contributed by atoms with E-state index in [1.54, 1.807) is 0 Å². The predicted octanol–water partition coefficient (Wildman–Crippen LogP) is 8.50. The first-order valence-electron chi connectivity index (χ1n) is 15.4. The van der Waals surface area contributed by atoms with E-state index in [1.807, 2.05) is 12.3 Å². The molecule has 9 rings (SSSR count). The molecule has 3 heterocycles. The molecule has 4 heteroatoms. The van der Waals surface area contributed by atoms with E-state index >= 15 is 0 Å². The number of nitrogens with zero attached hydrogens (tertiary/aromatic N) is 3. The van der Waals surface area contributed by atoms with Crippen molar-refractivity contribution in [2.24, 2.45) is 0 Å². The number of para-hydroxylation sites is 4. The van der Waals surface area contributed by atoms with E-state index in [1.165, 1.54) is 44.7 Å². The van der Waals surface area contributed by atoms with Crippen LogP contribution in [-0.2, 0) is 0 Å². The van der Waals surface area contributed by atoms with Gasteiger partial charge in [-0.3, -0.25) is 4.98 Å². The van der Waals surface area contributed by atoms with Crippen molar-refractivity contribution in [3.8, 4) is 22.4 Å². The van der Waals surface area contributed by atoms with Crippen LogP contribution in [-0.4, -0.2) is 11.7 Å². The summed E-state index contributed by atoms with van der Waals surface area (Å²) in [6.45, 7) is 0.0812. The third-order valence-corrected chi connectivity index (χ3v) is 9.09. The Morgan fingerprint density at radius 1 is 0.444 bits per heavy atom. The monoisotopic (exact) mass is 573 g/mol. The van der Waals surface area contributed by atoms with Crippen molar-refractivity contribution in [1.29, 1.82) is 0 Å². The molecular formula is C41H28BN3. The van der Waals surface area contributed by atoms with E-state index in [-0.39, 0.29) is 6.71 Å². The first-order chi connectivity index (χ1) is 22.4. The van der Waals surface area contributed by atoms with Crippen LogP contribution in [0.2, 0.25) is 0 Å². The second kappa shape index (κ2) is 10.4. The lowest BCUT2D eigenvalue weighted by molar-refractivity contribution is 1.25. The minimum Gasteiger partial charge on any atom is -0.311 e. The van der Waals surface area contributed by atoms with Crippen molar-refractivity contribution in [2.45, 2.75) is 0 Å². The molecule has 2 aliphatic heterocycles. The molecule has 0 N–H and O–H groups in total. The lowest BCUT2D eigenvalue weighted by Gasteiger charge is -2.44. The smallest absolute Gasteiger partial charge is 0.252 e. The van der Waals surface area contributed by atoms with Crippen LogP contribution in [0.5, 0.6) is 0 Å². The van der Waals surface area contributed by atoms with Crippen molar-refractivity contribution in [3.63, 3.8) is 0 Å². The van der Waals surface area contributed by atoms with E-state index in [0.29, 0.717) is 0 Å². The highest BCUT2D eigenvalue weighted by Crippen LogP contribution is 2.46. The number of anilines is 6. The molecule has 2 aliphatic rings. The summed E-state index contributed by atoms with van der Waals surface area (Å²) in [5, 5.41) is 0. The zero-order valence-corrected chi connectivity index (χ0v) is 24.6. The number of fused-ring (bicyclic) bond motifs is 4. The van der Waals surface area contributed by atoms with Gasteiger partial charge in [0.15, 0.2) is 0 Å². The highest BCUT2D eigenvalue weighted by atomic mass is 15.2. The average Bonchev–Trinajstić information content (AvgIpc) is 3.12. The molecule has 0 saturated carbocycles. The summed E-state index contributed by atoms with van der Waals surface area (Å²) >= 11 is 0. The minimum atomic E-state index is 0.0812. The van der Waals surface area contributed by atoms with Crippen molar-refractivity contribution in [2.75, 3.05) is 9.80 Å². The quantitative estimate of drug-likeness (QED) is 0.197. The standard InChI is InChI=1S/C41H28BN3/c1-4-14-29(15-5-1)36-28-30(26-27-43-36)33-20-12-22-35-41(33)45(32-18-8-3-9-19-32)39-25-13-24-38-40(39)42(35)34-21-10-11-23-37(34)44(38)31-16-6-2-7-17-31/h1-28H. The molecule has 0 saturated heterocycles. The van der Waals surface area contributed by atoms with Gasteiger partial charge in [0, 0.05) is 51.4 Å². The first-order valence-corrected chi connectivity index (χ1v) is 15.4. The highest BCUT2D eigenvalue weighted by molar-refractivity contribution is 7.00. The Morgan fingerprint density at radius 2 is 1.02 bits per heavy atom. The van der Waals surface area contributed by atoms with Gasteiger partial charge in [-0.15, -0.1) is 0 Å².